The lowest BCUT2D eigenvalue weighted by molar-refractivity contribution is 0.550. The van der Waals surface area contributed by atoms with E-state index in [1.165, 1.54) is 6.41 Å². The summed E-state index contributed by atoms with van der Waals surface area (Å²) in [6.07, 6.45) is 5.86. The van der Waals surface area contributed by atoms with Crippen LogP contribution in [0.2, 0.25) is 0 Å². The van der Waals surface area contributed by atoms with Gasteiger partial charge in [0, 0.05) is 6.20 Å². The number of carbonyl (C=O) groups excluding carboxylic acids is 1. The minimum absolute atomic E-state index is 0.939. The van der Waals surface area contributed by atoms with Crippen LogP contribution in [0.5, 0.6) is 0 Å². The molecule has 0 bridgehead atoms. The predicted molar refractivity (Wildman–Crippen MR) is 28.3 cm³/mol. The van der Waals surface area contributed by atoms with E-state index in [2.05, 4.69) is 5.32 Å². The predicted octanol–water partition coefficient (Wildman–Crippen LogP) is 0.567. The number of hydrogen-bond acceptors (Lipinski definition) is 1. The van der Waals surface area contributed by atoms with Gasteiger partial charge in [0.05, 0.1) is 0 Å². The molecule has 1 radical (unpaired) electrons. The average molecular weight is 98.1 g/mol. The summed E-state index contributed by atoms with van der Waals surface area (Å²) in [5, 5.41) is 2.26. The Morgan fingerprint density at radius 2 is 2.57 bits per heavy atom. The smallest absolute Gasteiger partial charge is 0.313 e. The molecule has 0 saturated carbocycles. The fraction of sp³-hybridized carbons (Fsp3) is 0.400. The summed E-state index contributed by atoms with van der Waals surface area (Å²) >= 11 is 0. The van der Waals surface area contributed by atoms with Crippen LogP contribution in [0.15, 0.2) is 12.3 Å². The molecule has 0 aromatic heterocycles. The Bertz CT molecular complexity index is 68.5. The first-order valence-corrected chi connectivity index (χ1v) is 2.19. The van der Waals surface area contributed by atoms with E-state index < -0.39 is 0 Å². The molecule has 0 fully saturated rings. The summed E-state index contributed by atoms with van der Waals surface area (Å²) in [6, 6.07) is 0. The highest BCUT2D eigenvalue weighted by Gasteiger charge is 1.64. The first-order chi connectivity index (χ1) is 3.41. The maximum atomic E-state index is 9.39. The lowest BCUT2D eigenvalue weighted by atomic mass is 10.5. The molecule has 0 atom stereocenters. The molecule has 0 aliphatic heterocycles. The second kappa shape index (κ2) is 5.21. The van der Waals surface area contributed by atoms with Crippen molar-refractivity contribution in [3.05, 3.63) is 12.3 Å². The Balaban J connectivity index is 2.92. The van der Waals surface area contributed by atoms with Crippen LogP contribution >= 0.6 is 0 Å². The molecule has 2 nitrogen and oxygen atoms in total. The molecule has 0 aliphatic carbocycles. The Morgan fingerprint density at radius 3 is 3.00 bits per heavy atom. The van der Waals surface area contributed by atoms with Gasteiger partial charge in [-0.25, -0.2) is 0 Å². The minimum Gasteiger partial charge on any atom is -0.325 e. The quantitative estimate of drug-likeness (QED) is 0.513. The number of rotatable bonds is 3. The van der Waals surface area contributed by atoms with E-state index in [4.69, 9.17) is 0 Å². The third kappa shape index (κ3) is 5.21. The molecule has 0 aliphatic rings. The van der Waals surface area contributed by atoms with E-state index in [0.717, 1.165) is 6.42 Å². The van der Waals surface area contributed by atoms with Gasteiger partial charge in [-0.15, -0.1) is 0 Å². The van der Waals surface area contributed by atoms with Crippen molar-refractivity contribution in [2.24, 2.45) is 0 Å². The normalized spacial score (nSPS) is 9.29. The van der Waals surface area contributed by atoms with Crippen LogP contribution in [-0.2, 0) is 4.79 Å². The van der Waals surface area contributed by atoms with Crippen molar-refractivity contribution in [2.75, 3.05) is 0 Å². The van der Waals surface area contributed by atoms with Gasteiger partial charge in [-0.2, -0.15) is 0 Å². The standard InChI is InChI=1S/C5H8NO/c1-2-3-4-6-5-7/h3-4H,2H2,1H3,(H,6,7)/b4-3+. The Hall–Kier alpha value is -0.790. The summed E-state index contributed by atoms with van der Waals surface area (Å²) in [4.78, 5) is 9.39. The second-order valence-electron chi connectivity index (χ2n) is 1.06. The van der Waals surface area contributed by atoms with Gasteiger partial charge in [-0.1, -0.05) is 13.0 Å². The third-order valence-corrected chi connectivity index (χ3v) is 0.496. The topological polar surface area (TPSA) is 29.1 Å². The lowest BCUT2D eigenvalue weighted by Gasteiger charge is -1.76. The Morgan fingerprint density at radius 1 is 1.86 bits per heavy atom. The van der Waals surface area contributed by atoms with Gasteiger partial charge >= 0.3 is 6.41 Å². The van der Waals surface area contributed by atoms with Crippen molar-refractivity contribution in [3.8, 4) is 0 Å². The van der Waals surface area contributed by atoms with Crippen molar-refractivity contribution in [1.29, 1.82) is 0 Å². The van der Waals surface area contributed by atoms with Gasteiger partial charge < -0.3 is 5.32 Å². The van der Waals surface area contributed by atoms with E-state index in [9.17, 15) is 4.79 Å². The highest BCUT2D eigenvalue weighted by molar-refractivity contribution is 5.48. The molecule has 0 saturated heterocycles. The van der Waals surface area contributed by atoms with Crippen LogP contribution in [0.4, 0.5) is 0 Å². The van der Waals surface area contributed by atoms with Gasteiger partial charge in [-0.3, -0.25) is 4.79 Å². The molecule has 39 valence electrons. The number of hydrogen-bond donors (Lipinski definition) is 1. The van der Waals surface area contributed by atoms with Crippen molar-refractivity contribution in [2.45, 2.75) is 13.3 Å². The van der Waals surface area contributed by atoms with Gasteiger partial charge in [0.15, 0.2) is 0 Å². The summed E-state index contributed by atoms with van der Waals surface area (Å²) in [5.41, 5.74) is 0. The zero-order valence-electron chi connectivity index (χ0n) is 4.27. The number of nitrogens with one attached hydrogen (secondary N) is 1. The summed E-state index contributed by atoms with van der Waals surface area (Å²) < 4.78 is 0. The summed E-state index contributed by atoms with van der Waals surface area (Å²) in [5.74, 6) is 0. The van der Waals surface area contributed by atoms with Gasteiger partial charge in [0.25, 0.3) is 0 Å². The maximum absolute atomic E-state index is 9.39. The first-order valence-electron chi connectivity index (χ1n) is 2.19. The molecule has 1 N–H and O–H groups in total. The van der Waals surface area contributed by atoms with E-state index in [1.54, 1.807) is 6.20 Å². The highest BCUT2D eigenvalue weighted by Crippen LogP contribution is 1.72. The molecule has 2 heteroatoms. The van der Waals surface area contributed by atoms with Crippen LogP contribution in [0.1, 0.15) is 13.3 Å². The highest BCUT2D eigenvalue weighted by atomic mass is 16.1. The number of amides is 1. The molecule has 0 rings (SSSR count). The first kappa shape index (κ1) is 6.21. The SMILES string of the molecule is CC/C=C/N[C]=O. The van der Waals surface area contributed by atoms with E-state index in [1.807, 2.05) is 13.0 Å². The number of allylic oxidation sites excluding steroid dienone is 1. The van der Waals surface area contributed by atoms with Crippen LogP contribution in [0.3, 0.4) is 0 Å². The van der Waals surface area contributed by atoms with Gasteiger partial charge in [-0.05, 0) is 6.42 Å². The van der Waals surface area contributed by atoms with Crippen molar-refractivity contribution < 1.29 is 4.79 Å². The second-order valence-corrected chi connectivity index (χ2v) is 1.06. The molecular formula is C5H8NO. The van der Waals surface area contributed by atoms with Crippen molar-refractivity contribution >= 4 is 6.41 Å². The monoisotopic (exact) mass is 98.1 g/mol. The molecule has 0 heterocycles. The fourth-order valence-electron chi connectivity index (χ4n) is 0.211. The van der Waals surface area contributed by atoms with Crippen LogP contribution in [0.25, 0.3) is 0 Å². The Kier molecular flexibility index (Phi) is 4.62. The molecule has 0 aromatic rings. The molecular weight excluding hydrogens is 90.1 g/mol. The van der Waals surface area contributed by atoms with Gasteiger partial charge in [0.2, 0.25) is 0 Å². The molecule has 0 aromatic carbocycles. The molecule has 0 unspecified atom stereocenters. The van der Waals surface area contributed by atoms with Crippen LogP contribution < -0.4 is 5.32 Å². The van der Waals surface area contributed by atoms with E-state index in [-0.39, 0.29) is 0 Å². The minimum atomic E-state index is 0.939. The zero-order chi connectivity index (χ0) is 5.54. The van der Waals surface area contributed by atoms with E-state index >= 15 is 0 Å². The summed E-state index contributed by atoms with van der Waals surface area (Å²) in [7, 11) is 0. The van der Waals surface area contributed by atoms with Crippen LogP contribution in [0, 0.1) is 0 Å². The van der Waals surface area contributed by atoms with Crippen molar-refractivity contribution in [3.63, 3.8) is 0 Å². The van der Waals surface area contributed by atoms with Crippen molar-refractivity contribution in [1.82, 2.24) is 5.32 Å². The van der Waals surface area contributed by atoms with E-state index in [0.29, 0.717) is 0 Å². The zero-order valence-corrected chi connectivity index (χ0v) is 4.27. The summed E-state index contributed by atoms with van der Waals surface area (Å²) in [6.45, 7) is 1.99. The largest absolute Gasteiger partial charge is 0.325 e. The average Bonchev–Trinajstić information content (AvgIpc) is 1.69. The third-order valence-electron chi connectivity index (χ3n) is 0.496. The maximum Gasteiger partial charge on any atom is 0.313 e. The fourth-order valence-corrected chi connectivity index (χ4v) is 0.211. The molecule has 1 amide bonds. The Labute approximate surface area is 43.2 Å². The molecule has 0 spiro atoms. The lowest BCUT2D eigenvalue weighted by Crippen LogP contribution is -1.97. The van der Waals surface area contributed by atoms with Crippen LogP contribution in [-0.4, -0.2) is 6.41 Å². The van der Waals surface area contributed by atoms with Gasteiger partial charge in [0.1, 0.15) is 0 Å². The molecule has 7 heavy (non-hydrogen) atoms.